The second kappa shape index (κ2) is 9.97. The Bertz CT molecular complexity index is 930. The number of carbonyl (C=O) groups is 2. The zero-order valence-corrected chi connectivity index (χ0v) is 17.5. The van der Waals surface area contributed by atoms with Crippen molar-refractivity contribution in [1.29, 1.82) is 0 Å². The number of aliphatic hydroxyl groups excluding tert-OH is 1. The predicted molar refractivity (Wildman–Crippen MR) is 113 cm³/mol. The lowest BCUT2D eigenvalue weighted by Crippen LogP contribution is -2.32. The summed E-state index contributed by atoms with van der Waals surface area (Å²) < 4.78 is 12.6. The summed E-state index contributed by atoms with van der Waals surface area (Å²) >= 11 is 0. The lowest BCUT2D eigenvalue weighted by Gasteiger charge is -2.19. The summed E-state index contributed by atoms with van der Waals surface area (Å²) in [5.74, 6) is 0.0350. The Morgan fingerprint density at radius 2 is 2.03 bits per heavy atom. The van der Waals surface area contributed by atoms with Gasteiger partial charge in [0, 0.05) is 31.7 Å². The van der Waals surface area contributed by atoms with Crippen molar-refractivity contribution in [2.45, 2.75) is 39.3 Å². The number of aliphatic hydroxyl groups is 1. The SMILES string of the molecule is CC(C)(C)OC(=O)NC/C=C/Cn1c(N)nc2cc(C(N)=O)cc(OCCCO)c21. The molecule has 0 fully saturated rings. The second-order valence-corrected chi connectivity index (χ2v) is 7.57. The van der Waals surface area contributed by atoms with E-state index in [4.69, 9.17) is 26.0 Å². The number of nitrogen functional groups attached to an aromatic ring is 1. The topological polar surface area (TPSA) is 155 Å². The molecule has 0 spiro atoms. The first-order valence-corrected chi connectivity index (χ1v) is 9.57. The Morgan fingerprint density at radius 3 is 2.67 bits per heavy atom. The Balaban J connectivity index is 2.17. The first-order valence-electron chi connectivity index (χ1n) is 9.57. The Morgan fingerprint density at radius 1 is 1.30 bits per heavy atom. The molecule has 1 heterocycles. The number of allylic oxidation sites excluding steroid dienone is 1. The molecular formula is C20H29N5O5. The first-order chi connectivity index (χ1) is 14.1. The molecule has 0 saturated heterocycles. The number of carbonyl (C=O) groups excluding carboxylic acids is 2. The van der Waals surface area contributed by atoms with Crippen molar-refractivity contribution in [3.63, 3.8) is 0 Å². The molecule has 10 heteroatoms. The zero-order valence-electron chi connectivity index (χ0n) is 17.5. The molecule has 0 bridgehead atoms. The van der Waals surface area contributed by atoms with E-state index in [1.54, 1.807) is 37.5 Å². The van der Waals surface area contributed by atoms with E-state index in [1.165, 1.54) is 6.07 Å². The Hall–Kier alpha value is -3.27. The van der Waals surface area contributed by atoms with Gasteiger partial charge in [-0.25, -0.2) is 9.78 Å². The quantitative estimate of drug-likeness (QED) is 0.355. The third kappa shape index (κ3) is 6.38. The highest BCUT2D eigenvalue weighted by Gasteiger charge is 2.17. The van der Waals surface area contributed by atoms with Crippen LogP contribution in [0.2, 0.25) is 0 Å². The number of nitrogens with two attached hydrogens (primary N) is 2. The van der Waals surface area contributed by atoms with E-state index in [9.17, 15) is 9.59 Å². The summed E-state index contributed by atoms with van der Waals surface area (Å²) in [5, 5.41) is 11.6. The van der Waals surface area contributed by atoms with Gasteiger partial charge in [-0.3, -0.25) is 4.79 Å². The van der Waals surface area contributed by atoms with Crippen LogP contribution in [-0.4, -0.2) is 52.0 Å². The minimum atomic E-state index is -0.606. The van der Waals surface area contributed by atoms with Gasteiger partial charge in [-0.15, -0.1) is 0 Å². The number of nitrogens with zero attached hydrogens (tertiary/aromatic N) is 2. The number of benzene rings is 1. The van der Waals surface area contributed by atoms with Crippen LogP contribution in [0.4, 0.5) is 10.7 Å². The predicted octanol–water partition coefficient (Wildman–Crippen LogP) is 1.56. The van der Waals surface area contributed by atoms with Crippen molar-refractivity contribution in [3.05, 3.63) is 29.8 Å². The molecule has 0 aliphatic carbocycles. The molecule has 0 radical (unpaired) electrons. The van der Waals surface area contributed by atoms with Crippen molar-refractivity contribution >= 4 is 29.0 Å². The van der Waals surface area contributed by atoms with Crippen molar-refractivity contribution in [2.24, 2.45) is 5.73 Å². The molecular weight excluding hydrogens is 390 g/mol. The average molecular weight is 419 g/mol. The van der Waals surface area contributed by atoms with E-state index in [1.807, 2.05) is 6.08 Å². The molecule has 2 rings (SSSR count). The molecule has 0 aliphatic rings. The zero-order chi connectivity index (χ0) is 22.3. The maximum atomic E-state index is 11.7. The number of imidazole rings is 1. The molecule has 1 aromatic carbocycles. The standard InChI is InChI=1S/C20H29N5O5/c1-20(2,3)30-19(28)23-7-4-5-8-25-16-14(24-18(25)22)11-13(17(21)27)12-15(16)29-10-6-9-26/h4-5,11-12,26H,6-10H2,1-3H3,(H2,21,27)(H2,22,24)(H,23,28)/b5-4+. The molecule has 1 aromatic heterocycles. The van der Waals surface area contributed by atoms with Gasteiger partial charge >= 0.3 is 6.09 Å². The monoisotopic (exact) mass is 419 g/mol. The van der Waals surface area contributed by atoms with Crippen LogP contribution in [0.25, 0.3) is 11.0 Å². The number of ether oxygens (including phenoxy) is 2. The second-order valence-electron chi connectivity index (χ2n) is 7.57. The fourth-order valence-corrected chi connectivity index (χ4v) is 2.65. The summed E-state index contributed by atoms with van der Waals surface area (Å²) in [4.78, 5) is 27.6. The van der Waals surface area contributed by atoms with Crippen LogP contribution < -0.4 is 21.5 Å². The summed E-state index contributed by atoms with van der Waals surface area (Å²) in [7, 11) is 0. The molecule has 0 atom stereocenters. The molecule has 2 aromatic rings. The molecule has 10 nitrogen and oxygen atoms in total. The van der Waals surface area contributed by atoms with Crippen LogP contribution in [0.1, 0.15) is 37.6 Å². The van der Waals surface area contributed by atoms with Crippen LogP contribution in [-0.2, 0) is 11.3 Å². The van der Waals surface area contributed by atoms with Crippen LogP contribution in [0, 0.1) is 0 Å². The summed E-state index contributed by atoms with van der Waals surface area (Å²) in [6.45, 7) is 6.26. The van der Waals surface area contributed by atoms with Crippen LogP contribution in [0.15, 0.2) is 24.3 Å². The van der Waals surface area contributed by atoms with Gasteiger partial charge in [0.15, 0.2) is 0 Å². The first kappa shape index (κ1) is 23.0. The van der Waals surface area contributed by atoms with Gasteiger partial charge < -0.3 is 35.9 Å². The number of nitrogens with one attached hydrogen (secondary N) is 1. The minimum absolute atomic E-state index is 0.0204. The summed E-state index contributed by atoms with van der Waals surface area (Å²) in [6, 6.07) is 3.09. The number of rotatable bonds is 9. The molecule has 2 amide bonds. The number of anilines is 1. The number of alkyl carbamates (subject to hydrolysis) is 1. The number of hydrogen-bond acceptors (Lipinski definition) is 7. The van der Waals surface area contributed by atoms with Crippen molar-refractivity contribution in [2.75, 3.05) is 25.5 Å². The highest BCUT2D eigenvalue weighted by molar-refractivity contribution is 5.98. The lowest BCUT2D eigenvalue weighted by atomic mass is 10.1. The smallest absolute Gasteiger partial charge is 0.407 e. The maximum absolute atomic E-state index is 11.7. The number of hydrogen-bond donors (Lipinski definition) is 4. The Labute approximate surface area is 174 Å². The van der Waals surface area contributed by atoms with Gasteiger partial charge in [0.25, 0.3) is 0 Å². The van der Waals surface area contributed by atoms with E-state index in [-0.39, 0.29) is 31.3 Å². The largest absolute Gasteiger partial charge is 0.491 e. The lowest BCUT2D eigenvalue weighted by molar-refractivity contribution is 0.0534. The molecule has 164 valence electrons. The highest BCUT2D eigenvalue weighted by atomic mass is 16.6. The third-order valence-corrected chi connectivity index (χ3v) is 3.90. The van der Waals surface area contributed by atoms with E-state index in [0.717, 1.165) is 0 Å². The molecule has 0 aliphatic heterocycles. The van der Waals surface area contributed by atoms with Crippen molar-refractivity contribution in [1.82, 2.24) is 14.9 Å². The van der Waals surface area contributed by atoms with E-state index in [0.29, 0.717) is 29.7 Å². The third-order valence-electron chi connectivity index (χ3n) is 3.90. The molecule has 0 unspecified atom stereocenters. The summed E-state index contributed by atoms with van der Waals surface area (Å²) in [6.07, 6.45) is 3.51. The van der Waals surface area contributed by atoms with E-state index in [2.05, 4.69) is 10.3 Å². The van der Waals surface area contributed by atoms with Crippen LogP contribution >= 0.6 is 0 Å². The van der Waals surface area contributed by atoms with Gasteiger partial charge in [-0.2, -0.15) is 0 Å². The number of primary amides is 1. The maximum Gasteiger partial charge on any atom is 0.407 e. The van der Waals surface area contributed by atoms with E-state index < -0.39 is 17.6 Å². The summed E-state index contributed by atoms with van der Waals surface area (Å²) in [5.41, 5.74) is 12.2. The van der Waals surface area contributed by atoms with Crippen LogP contribution in [0.3, 0.4) is 0 Å². The van der Waals surface area contributed by atoms with Gasteiger partial charge in [-0.1, -0.05) is 12.2 Å². The van der Waals surface area contributed by atoms with Crippen molar-refractivity contribution in [3.8, 4) is 5.75 Å². The molecule has 0 saturated carbocycles. The van der Waals surface area contributed by atoms with Gasteiger partial charge in [0.05, 0.1) is 12.1 Å². The molecule has 6 N–H and O–H groups in total. The van der Waals surface area contributed by atoms with Gasteiger partial charge in [0.1, 0.15) is 16.9 Å². The fourth-order valence-electron chi connectivity index (χ4n) is 2.65. The average Bonchev–Trinajstić information content (AvgIpc) is 2.95. The highest BCUT2D eigenvalue weighted by Crippen LogP contribution is 2.30. The molecule has 30 heavy (non-hydrogen) atoms. The van der Waals surface area contributed by atoms with Gasteiger partial charge in [-0.05, 0) is 32.9 Å². The Kier molecular flexibility index (Phi) is 7.65. The number of amides is 2. The number of aromatic nitrogens is 2. The normalized spacial score (nSPS) is 11.7. The van der Waals surface area contributed by atoms with Gasteiger partial charge in [0.2, 0.25) is 11.9 Å². The van der Waals surface area contributed by atoms with Crippen molar-refractivity contribution < 1.29 is 24.2 Å². The van der Waals surface area contributed by atoms with Crippen LogP contribution in [0.5, 0.6) is 5.75 Å². The number of fused-ring (bicyclic) bond motifs is 1. The van der Waals surface area contributed by atoms with E-state index >= 15 is 0 Å². The minimum Gasteiger partial charge on any atom is -0.491 e. The fraction of sp³-hybridized carbons (Fsp3) is 0.450.